The standard InChI is InChI=1S/C14H22N2O2/c1-4-8-15(9-5-2)13(17)14(18)16-10-6-7-12(3)11-16/h4-5,12H,1-2,6-11H2,3H3. The van der Waals surface area contributed by atoms with Gasteiger partial charge in [-0.25, -0.2) is 0 Å². The van der Waals surface area contributed by atoms with Crippen LogP contribution in [0.2, 0.25) is 0 Å². The lowest BCUT2D eigenvalue weighted by Gasteiger charge is -2.31. The molecule has 0 bridgehead atoms. The fourth-order valence-corrected chi connectivity index (χ4v) is 2.20. The average Bonchev–Trinajstić information content (AvgIpc) is 2.37. The Bertz CT molecular complexity index is 329. The van der Waals surface area contributed by atoms with Gasteiger partial charge >= 0.3 is 11.8 Å². The van der Waals surface area contributed by atoms with Gasteiger partial charge in [0.2, 0.25) is 0 Å². The molecule has 2 amide bonds. The molecule has 1 unspecified atom stereocenters. The second kappa shape index (κ2) is 6.99. The van der Waals surface area contributed by atoms with Crippen molar-refractivity contribution in [3.63, 3.8) is 0 Å². The molecule has 0 spiro atoms. The minimum Gasteiger partial charge on any atom is -0.334 e. The molecule has 0 aromatic rings. The van der Waals surface area contributed by atoms with Crippen molar-refractivity contribution in [1.29, 1.82) is 0 Å². The van der Waals surface area contributed by atoms with E-state index in [4.69, 9.17) is 0 Å². The Morgan fingerprint density at radius 3 is 2.44 bits per heavy atom. The van der Waals surface area contributed by atoms with Crippen molar-refractivity contribution in [3.05, 3.63) is 25.3 Å². The lowest BCUT2D eigenvalue weighted by Crippen LogP contribution is -2.48. The molecule has 0 aromatic heterocycles. The number of rotatable bonds is 4. The van der Waals surface area contributed by atoms with E-state index >= 15 is 0 Å². The van der Waals surface area contributed by atoms with Gasteiger partial charge in [-0.05, 0) is 18.8 Å². The van der Waals surface area contributed by atoms with E-state index < -0.39 is 11.8 Å². The van der Waals surface area contributed by atoms with Crippen molar-refractivity contribution in [2.24, 2.45) is 5.92 Å². The minimum atomic E-state index is -0.455. The molecule has 1 atom stereocenters. The molecule has 1 aliphatic rings. The molecule has 4 nitrogen and oxygen atoms in total. The van der Waals surface area contributed by atoms with E-state index in [9.17, 15) is 9.59 Å². The van der Waals surface area contributed by atoms with Gasteiger partial charge in [0.25, 0.3) is 0 Å². The SMILES string of the molecule is C=CCN(CC=C)C(=O)C(=O)N1CCCC(C)C1. The third kappa shape index (κ3) is 3.72. The fraction of sp³-hybridized carbons (Fsp3) is 0.571. The van der Waals surface area contributed by atoms with Crippen LogP contribution in [0.4, 0.5) is 0 Å². The minimum absolute atomic E-state index is 0.375. The van der Waals surface area contributed by atoms with Crippen LogP contribution in [0.3, 0.4) is 0 Å². The Morgan fingerprint density at radius 1 is 1.33 bits per heavy atom. The summed E-state index contributed by atoms with van der Waals surface area (Å²) in [5, 5.41) is 0. The first-order chi connectivity index (χ1) is 8.60. The van der Waals surface area contributed by atoms with Crippen LogP contribution >= 0.6 is 0 Å². The highest BCUT2D eigenvalue weighted by Gasteiger charge is 2.28. The number of amides is 2. The Kier molecular flexibility index (Phi) is 5.62. The first-order valence-electron chi connectivity index (χ1n) is 6.40. The molecule has 0 radical (unpaired) electrons. The molecule has 1 aliphatic heterocycles. The lowest BCUT2D eigenvalue weighted by molar-refractivity contribution is -0.152. The molecule has 1 fully saturated rings. The van der Waals surface area contributed by atoms with E-state index in [-0.39, 0.29) is 0 Å². The van der Waals surface area contributed by atoms with Crippen molar-refractivity contribution >= 4 is 11.8 Å². The quantitative estimate of drug-likeness (QED) is 0.559. The van der Waals surface area contributed by atoms with Gasteiger partial charge in [-0.1, -0.05) is 19.1 Å². The van der Waals surface area contributed by atoms with Crippen molar-refractivity contribution < 1.29 is 9.59 Å². The van der Waals surface area contributed by atoms with Crippen molar-refractivity contribution in [3.8, 4) is 0 Å². The molecule has 1 heterocycles. The van der Waals surface area contributed by atoms with Gasteiger partial charge in [-0.15, -0.1) is 13.2 Å². The summed E-state index contributed by atoms with van der Waals surface area (Å²) in [5.74, 6) is -0.378. The largest absolute Gasteiger partial charge is 0.334 e. The van der Waals surface area contributed by atoms with Crippen LogP contribution in [-0.4, -0.2) is 47.8 Å². The highest BCUT2D eigenvalue weighted by molar-refractivity contribution is 6.35. The molecular weight excluding hydrogens is 228 g/mol. The number of carbonyl (C=O) groups excluding carboxylic acids is 2. The highest BCUT2D eigenvalue weighted by atomic mass is 16.2. The fourth-order valence-electron chi connectivity index (χ4n) is 2.20. The number of hydrogen-bond donors (Lipinski definition) is 0. The maximum Gasteiger partial charge on any atom is 0.312 e. The van der Waals surface area contributed by atoms with Crippen LogP contribution in [0.25, 0.3) is 0 Å². The molecule has 0 aromatic carbocycles. The van der Waals surface area contributed by atoms with Crippen LogP contribution in [-0.2, 0) is 9.59 Å². The number of carbonyl (C=O) groups is 2. The van der Waals surface area contributed by atoms with Crippen molar-refractivity contribution in [1.82, 2.24) is 9.80 Å². The lowest BCUT2D eigenvalue weighted by atomic mass is 10.0. The Balaban J connectivity index is 2.65. The van der Waals surface area contributed by atoms with Crippen LogP contribution in [0, 0.1) is 5.92 Å². The van der Waals surface area contributed by atoms with E-state index in [0.29, 0.717) is 32.1 Å². The predicted octanol–water partition coefficient (Wildman–Crippen LogP) is 1.45. The van der Waals surface area contributed by atoms with Gasteiger partial charge in [-0.3, -0.25) is 9.59 Å². The Morgan fingerprint density at radius 2 is 1.94 bits per heavy atom. The zero-order chi connectivity index (χ0) is 13.5. The van der Waals surface area contributed by atoms with Gasteiger partial charge in [-0.2, -0.15) is 0 Å². The first-order valence-corrected chi connectivity index (χ1v) is 6.40. The third-order valence-corrected chi connectivity index (χ3v) is 3.11. The summed E-state index contributed by atoms with van der Waals surface area (Å²) in [7, 11) is 0. The van der Waals surface area contributed by atoms with Crippen LogP contribution < -0.4 is 0 Å². The number of nitrogens with zero attached hydrogens (tertiary/aromatic N) is 2. The van der Waals surface area contributed by atoms with Gasteiger partial charge in [0.1, 0.15) is 0 Å². The number of likely N-dealkylation sites (tertiary alicyclic amines) is 1. The van der Waals surface area contributed by atoms with Crippen LogP contribution in [0.15, 0.2) is 25.3 Å². The summed E-state index contributed by atoms with van der Waals surface area (Å²) < 4.78 is 0. The number of piperidine rings is 1. The zero-order valence-electron chi connectivity index (χ0n) is 11.1. The first kappa shape index (κ1) is 14.5. The van der Waals surface area contributed by atoms with E-state index in [1.165, 1.54) is 4.90 Å². The van der Waals surface area contributed by atoms with E-state index in [1.807, 2.05) is 0 Å². The van der Waals surface area contributed by atoms with E-state index in [1.54, 1.807) is 17.1 Å². The van der Waals surface area contributed by atoms with Gasteiger partial charge in [0, 0.05) is 26.2 Å². The summed E-state index contributed by atoms with van der Waals surface area (Å²) in [5.41, 5.74) is 0. The highest BCUT2D eigenvalue weighted by Crippen LogP contribution is 2.15. The molecular formula is C14H22N2O2. The average molecular weight is 250 g/mol. The van der Waals surface area contributed by atoms with Crippen LogP contribution in [0.5, 0.6) is 0 Å². The zero-order valence-corrected chi connectivity index (χ0v) is 11.1. The van der Waals surface area contributed by atoms with Crippen molar-refractivity contribution in [2.75, 3.05) is 26.2 Å². The maximum absolute atomic E-state index is 12.1. The third-order valence-electron chi connectivity index (χ3n) is 3.11. The van der Waals surface area contributed by atoms with Crippen molar-refractivity contribution in [2.45, 2.75) is 19.8 Å². The summed E-state index contributed by atoms with van der Waals surface area (Å²) in [6.45, 7) is 11.4. The topological polar surface area (TPSA) is 40.6 Å². The predicted molar refractivity (Wildman–Crippen MR) is 72.0 cm³/mol. The van der Waals surface area contributed by atoms with Gasteiger partial charge in [0.05, 0.1) is 0 Å². The Hall–Kier alpha value is -1.58. The summed E-state index contributed by atoms with van der Waals surface area (Å²) in [6, 6.07) is 0. The molecule has 0 saturated carbocycles. The smallest absolute Gasteiger partial charge is 0.312 e. The van der Waals surface area contributed by atoms with E-state index in [0.717, 1.165) is 12.8 Å². The normalized spacial score (nSPS) is 19.2. The second-order valence-corrected chi connectivity index (χ2v) is 4.79. The Labute approximate surface area is 109 Å². The molecule has 1 rings (SSSR count). The maximum atomic E-state index is 12.1. The van der Waals surface area contributed by atoms with E-state index in [2.05, 4.69) is 20.1 Å². The molecule has 18 heavy (non-hydrogen) atoms. The molecule has 0 N–H and O–H groups in total. The number of hydrogen-bond acceptors (Lipinski definition) is 2. The summed E-state index contributed by atoms with van der Waals surface area (Å²) in [4.78, 5) is 27.3. The molecule has 100 valence electrons. The molecule has 0 aliphatic carbocycles. The summed E-state index contributed by atoms with van der Waals surface area (Å²) in [6.07, 6.45) is 5.34. The monoisotopic (exact) mass is 250 g/mol. The van der Waals surface area contributed by atoms with Crippen LogP contribution in [0.1, 0.15) is 19.8 Å². The van der Waals surface area contributed by atoms with Gasteiger partial charge in [0.15, 0.2) is 0 Å². The molecule has 1 saturated heterocycles. The second-order valence-electron chi connectivity index (χ2n) is 4.79. The summed E-state index contributed by atoms with van der Waals surface area (Å²) >= 11 is 0. The molecule has 4 heteroatoms. The van der Waals surface area contributed by atoms with Gasteiger partial charge < -0.3 is 9.80 Å².